The van der Waals surface area contributed by atoms with Crippen LogP contribution < -0.4 is 0 Å². The molecule has 0 unspecified atom stereocenters. The van der Waals surface area contributed by atoms with Gasteiger partial charge < -0.3 is 10.0 Å². The molecule has 0 saturated carbocycles. The van der Waals surface area contributed by atoms with Crippen molar-refractivity contribution >= 4 is 17.7 Å². The van der Waals surface area contributed by atoms with Crippen LogP contribution in [0.15, 0.2) is 41.7 Å². The molecule has 0 spiro atoms. The van der Waals surface area contributed by atoms with Gasteiger partial charge >= 0.3 is 0 Å². The zero-order valence-electron chi connectivity index (χ0n) is 11.1. The summed E-state index contributed by atoms with van der Waals surface area (Å²) in [6, 6.07) is 9.70. The van der Waals surface area contributed by atoms with Crippen molar-refractivity contribution in [1.29, 1.82) is 0 Å². The van der Waals surface area contributed by atoms with Gasteiger partial charge in [-0.25, -0.2) is 4.98 Å². The minimum absolute atomic E-state index is 0.0908. The molecule has 1 aromatic carbocycles. The molecule has 2 heterocycles. The minimum Gasteiger partial charge on any atom is -0.389 e. The Hall–Kier alpha value is -1.79. The van der Waals surface area contributed by atoms with Crippen LogP contribution in [0, 0.1) is 0 Å². The number of carbonyl (C=O) groups excluding carboxylic acids is 1. The van der Waals surface area contributed by atoms with E-state index in [4.69, 9.17) is 0 Å². The smallest absolute Gasteiger partial charge is 0.272 e. The largest absolute Gasteiger partial charge is 0.389 e. The molecule has 6 heteroatoms. The van der Waals surface area contributed by atoms with Crippen molar-refractivity contribution in [2.24, 2.45) is 0 Å². The number of imidazole rings is 1. The summed E-state index contributed by atoms with van der Waals surface area (Å²) in [6.07, 6.45) is 3.14. The number of aliphatic hydroxyl groups is 1. The van der Waals surface area contributed by atoms with Crippen LogP contribution in [0.4, 0.5) is 0 Å². The number of carbonyl (C=O) groups is 1. The van der Waals surface area contributed by atoms with E-state index in [-0.39, 0.29) is 5.91 Å². The third-order valence-electron chi connectivity index (χ3n) is 3.30. The molecule has 0 radical (unpaired) electrons. The van der Waals surface area contributed by atoms with Gasteiger partial charge in [-0.15, -0.1) is 0 Å². The average Bonchev–Trinajstić information content (AvgIpc) is 2.88. The second kappa shape index (κ2) is 5.30. The minimum atomic E-state index is -0.396. The van der Waals surface area contributed by atoms with Crippen LogP contribution >= 0.6 is 11.8 Å². The first-order valence-electron chi connectivity index (χ1n) is 6.35. The van der Waals surface area contributed by atoms with E-state index in [2.05, 4.69) is 4.98 Å². The first kappa shape index (κ1) is 13.2. The third-order valence-corrected chi connectivity index (χ3v) is 3.95. The summed E-state index contributed by atoms with van der Waals surface area (Å²) in [7, 11) is 0. The normalized spacial score (nSPS) is 15.2. The number of rotatable bonds is 3. The molecule has 20 heavy (non-hydrogen) atoms. The van der Waals surface area contributed by atoms with E-state index in [0.29, 0.717) is 18.8 Å². The molecule has 1 saturated heterocycles. The highest BCUT2D eigenvalue weighted by molar-refractivity contribution is 7.98. The molecule has 0 aliphatic carbocycles. The lowest BCUT2D eigenvalue weighted by atomic mass is 10.1. The van der Waals surface area contributed by atoms with Gasteiger partial charge in [-0.2, -0.15) is 0 Å². The van der Waals surface area contributed by atoms with E-state index in [1.54, 1.807) is 11.1 Å². The summed E-state index contributed by atoms with van der Waals surface area (Å²) in [5.74, 6) is -0.0908. The number of benzene rings is 1. The molecule has 2 aromatic rings. The number of β-amino-alcohol motifs (C(OH)–C–C–N with tert-alkyl or cyclic N) is 1. The lowest BCUT2D eigenvalue weighted by Gasteiger charge is -2.35. The van der Waals surface area contributed by atoms with Crippen molar-refractivity contribution in [3.8, 4) is 5.69 Å². The summed E-state index contributed by atoms with van der Waals surface area (Å²) in [4.78, 5) is 18.4. The van der Waals surface area contributed by atoms with Crippen LogP contribution in [0.5, 0.6) is 0 Å². The van der Waals surface area contributed by atoms with Gasteiger partial charge in [0, 0.05) is 18.8 Å². The van der Waals surface area contributed by atoms with Gasteiger partial charge in [0.15, 0.2) is 5.16 Å². The van der Waals surface area contributed by atoms with Crippen molar-refractivity contribution in [2.75, 3.05) is 19.3 Å². The number of aliphatic hydroxyl groups excluding tert-OH is 1. The first-order valence-corrected chi connectivity index (χ1v) is 7.57. The molecular weight excluding hydrogens is 274 g/mol. The van der Waals surface area contributed by atoms with E-state index in [1.807, 2.05) is 41.2 Å². The SMILES string of the molecule is CSc1ncc(C(=O)N2CC(O)C2)n1-c1ccccc1. The fraction of sp³-hybridized carbons (Fsp3) is 0.286. The summed E-state index contributed by atoms with van der Waals surface area (Å²) in [5.41, 5.74) is 1.45. The number of aromatic nitrogens is 2. The lowest BCUT2D eigenvalue weighted by Crippen LogP contribution is -2.53. The van der Waals surface area contributed by atoms with Crippen LogP contribution in [0.2, 0.25) is 0 Å². The van der Waals surface area contributed by atoms with E-state index in [9.17, 15) is 9.90 Å². The predicted molar refractivity (Wildman–Crippen MR) is 77.3 cm³/mol. The molecular formula is C14H15N3O2S. The molecule has 1 aromatic heterocycles. The summed E-state index contributed by atoms with van der Waals surface area (Å²) < 4.78 is 1.86. The Labute approximate surface area is 121 Å². The number of hydrogen-bond acceptors (Lipinski definition) is 4. The number of hydrogen-bond donors (Lipinski definition) is 1. The maximum absolute atomic E-state index is 12.4. The Bertz CT molecular complexity index is 621. The Balaban J connectivity index is 2.00. The highest BCUT2D eigenvalue weighted by Crippen LogP contribution is 2.23. The second-order valence-electron chi connectivity index (χ2n) is 4.67. The quantitative estimate of drug-likeness (QED) is 0.868. The standard InChI is InChI=1S/C14H15N3O2S/c1-20-14-15-7-12(13(19)16-8-11(18)9-16)17(14)10-5-3-2-4-6-10/h2-7,11,18H,8-9H2,1H3. The fourth-order valence-corrected chi connectivity index (χ4v) is 2.78. The molecule has 3 rings (SSSR count). The second-order valence-corrected chi connectivity index (χ2v) is 5.44. The van der Waals surface area contributed by atoms with E-state index >= 15 is 0 Å². The summed E-state index contributed by atoms with van der Waals surface area (Å²) in [5, 5.41) is 10.1. The van der Waals surface area contributed by atoms with Crippen LogP contribution in [-0.4, -0.2) is 50.9 Å². The van der Waals surface area contributed by atoms with Gasteiger partial charge in [-0.3, -0.25) is 9.36 Å². The Morgan fingerprint density at radius 1 is 1.35 bits per heavy atom. The summed E-state index contributed by atoms with van der Waals surface area (Å²) in [6.45, 7) is 0.792. The maximum Gasteiger partial charge on any atom is 0.272 e. The van der Waals surface area contributed by atoms with Crippen LogP contribution in [0.25, 0.3) is 5.69 Å². The van der Waals surface area contributed by atoms with Crippen LogP contribution in [0.1, 0.15) is 10.5 Å². The maximum atomic E-state index is 12.4. The van der Waals surface area contributed by atoms with Gasteiger partial charge in [0.2, 0.25) is 0 Å². The molecule has 5 nitrogen and oxygen atoms in total. The summed E-state index contributed by atoms with van der Waals surface area (Å²) >= 11 is 1.50. The van der Waals surface area contributed by atoms with Crippen LogP contribution in [0.3, 0.4) is 0 Å². The molecule has 0 atom stereocenters. The monoisotopic (exact) mass is 289 g/mol. The molecule has 1 aliphatic rings. The van der Waals surface area contributed by atoms with E-state index in [1.165, 1.54) is 11.8 Å². The van der Waals surface area contributed by atoms with Gasteiger partial charge in [0.25, 0.3) is 5.91 Å². The third kappa shape index (κ3) is 2.21. The Morgan fingerprint density at radius 2 is 2.05 bits per heavy atom. The van der Waals surface area contributed by atoms with Crippen molar-refractivity contribution < 1.29 is 9.90 Å². The Morgan fingerprint density at radius 3 is 2.65 bits per heavy atom. The number of amides is 1. The van der Waals surface area contributed by atoms with Crippen molar-refractivity contribution in [2.45, 2.75) is 11.3 Å². The molecule has 1 fully saturated rings. The van der Waals surface area contributed by atoms with Gasteiger partial charge in [0.1, 0.15) is 5.69 Å². The van der Waals surface area contributed by atoms with Crippen LogP contribution in [-0.2, 0) is 0 Å². The van der Waals surface area contributed by atoms with Gasteiger partial charge in [0.05, 0.1) is 12.3 Å². The molecule has 1 aliphatic heterocycles. The van der Waals surface area contributed by atoms with E-state index < -0.39 is 6.10 Å². The molecule has 1 N–H and O–H groups in total. The topological polar surface area (TPSA) is 58.4 Å². The van der Waals surface area contributed by atoms with Gasteiger partial charge in [-0.05, 0) is 18.4 Å². The first-order chi connectivity index (χ1) is 9.70. The highest BCUT2D eigenvalue weighted by atomic mass is 32.2. The zero-order chi connectivity index (χ0) is 14.1. The molecule has 104 valence electrons. The van der Waals surface area contributed by atoms with Gasteiger partial charge in [-0.1, -0.05) is 30.0 Å². The number of likely N-dealkylation sites (tertiary alicyclic amines) is 1. The van der Waals surface area contributed by atoms with Crippen molar-refractivity contribution in [3.05, 3.63) is 42.2 Å². The highest BCUT2D eigenvalue weighted by Gasteiger charge is 2.32. The molecule has 0 bridgehead atoms. The van der Waals surface area contributed by atoms with Crippen molar-refractivity contribution in [1.82, 2.24) is 14.5 Å². The predicted octanol–water partition coefficient (Wildman–Crippen LogP) is 1.41. The number of thioether (sulfide) groups is 1. The zero-order valence-corrected chi connectivity index (χ0v) is 11.9. The van der Waals surface area contributed by atoms with Crippen molar-refractivity contribution in [3.63, 3.8) is 0 Å². The van der Waals surface area contributed by atoms with E-state index in [0.717, 1.165) is 10.8 Å². The average molecular weight is 289 g/mol. The Kier molecular flexibility index (Phi) is 3.50. The lowest BCUT2D eigenvalue weighted by molar-refractivity contribution is 0.00532. The molecule has 1 amide bonds. The fourth-order valence-electron chi connectivity index (χ4n) is 2.24. The number of para-hydroxylation sites is 1. The number of nitrogens with zero attached hydrogens (tertiary/aromatic N) is 3.